The zero-order valence-corrected chi connectivity index (χ0v) is 13.3. The lowest BCUT2D eigenvalue weighted by Gasteiger charge is -2.10. The van der Waals surface area contributed by atoms with Gasteiger partial charge in [-0.15, -0.1) is 0 Å². The van der Waals surface area contributed by atoms with Crippen molar-refractivity contribution in [1.29, 1.82) is 0 Å². The maximum absolute atomic E-state index is 8.65. The van der Waals surface area contributed by atoms with Gasteiger partial charge in [-0.05, 0) is 35.9 Å². The lowest BCUT2D eigenvalue weighted by atomic mass is 10.2. The Balaban J connectivity index is 2.16. The monoisotopic (exact) mass is 373 g/mol. The van der Waals surface area contributed by atoms with E-state index in [-0.39, 0.29) is 0 Å². The molecule has 0 amide bonds. The quantitative estimate of drug-likeness (QED) is 0.457. The fourth-order valence-corrected chi connectivity index (χ4v) is 2.30. The van der Waals surface area contributed by atoms with Gasteiger partial charge in [0.25, 0.3) is 0 Å². The average Bonchev–Trinajstić information content (AvgIpc) is 2.42. The number of nitrogens with zero attached hydrogens (tertiary/aromatic N) is 1. The summed E-state index contributed by atoms with van der Waals surface area (Å²) in [5.74, 6) is 0.608. The van der Waals surface area contributed by atoms with Crippen molar-refractivity contribution in [2.75, 3.05) is 0 Å². The van der Waals surface area contributed by atoms with Gasteiger partial charge < -0.3 is 9.94 Å². The zero-order valence-electron chi connectivity index (χ0n) is 10.2. The van der Waals surface area contributed by atoms with Gasteiger partial charge in [0.05, 0.1) is 16.3 Å². The van der Waals surface area contributed by atoms with Crippen LogP contribution >= 0.6 is 39.1 Å². The van der Waals surface area contributed by atoms with E-state index in [0.29, 0.717) is 28.0 Å². The molecule has 20 heavy (non-hydrogen) atoms. The minimum Gasteiger partial charge on any atom is -0.488 e. The SMILES string of the molecule is O/N=C\c1cc(Br)ccc1OCc1ccc(Cl)c(Cl)c1. The third kappa shape index (κ3) is 3.88. The summed E-state index contributed by atoms with van der Waals surface area (Å²) in [6.45, 7) is 0.338. The first-order valence-electron chi connectivity index (χ1n) is 5.64. The van der Waals surface area contributed by atoms with Gasteiger partial charge in [-0.2, -0.15) is 0 Å². The minimum atomic E-state index is 0.338. The van der Waals surface area contributed by atoms with Crippen LogP contribution in [0.4, 0.5) is 0 Å². The third-order valence-electron chi connectivity index (χ3n) is 2.55. The molecular weight excluding hydrogens is 365 g/mol. The highest BCUT2D eigenvalue weighted by atomic mass is 79.9. The number of benzene rings is 2. The van der Waals surface area contributed by atoms with Gasteiger partial charge in [0, 0.05) is 10.0 Å². The van der Waals surface area contributed by atoms with Gasteiger partial charge in [-0.1, -0.05) is 50.4 Å². The molecule has 0 spiro atoms. The Morgan fingerprint density at radius 2 is 1.95 bits per heavy atom. The van der Waals surface area contributed by atoms with Crippen molar-refractivity contribution in [3.05, 3.63) is 62.0 Å². The van der Waals surface area contributed by atoms with Crippen LogP contribution in [-0.2, 0) is 6.61 Å². The summed E-state index contributed by atoms with van der Waals surface area (Å²) < 4.78 is 6.57. The molecule has 2 aromatic rings. The van der Waals surface area contributed by atoms with E-state index >= 15 is 0 Å². The van der Waals surface area contributed by atoms with Crippen LogP contribution in [0.5, 0.6) is 5.75 Å². The molecule has 0 aliphatic carbocycles. The van der Waals surface area contributed by atoms with Crippen LogP contribution in [0.1, 0.15) is 11.1 Å². The Morgan fingerprint density at radius 1 is 1.15 bits per heavy atom. The van der Waals surface area contributed by atoms with E-state index in [2.05, 4.69) is 21.1 Å². The second-order valence-corrected chi connectivity index (χ2v) is 5.69. The van der Waals surface area contributed by atoms with Crippen molar-refractivity contribution >= 4 is 45.3 Å². The largest absolute Gasteiger partial charge is 0.488 e. The Kier molecular flexibility index (Phi) is 5.29. The summed E-state index contributed by atoms with van der Waals surface area (Å²) in [7, 11) is 0. The topological polar surface area (TPSA) is 41.8 Å². The van der Waals surface area contributed by atoms with Crippen LogP contribution in [0.3, 0.4) is 0 Å². The molecule has 0 saturated carbocycles. The number of ether oxygens (including phenoxy) is 1. The maximum atomic E-state index is 8.65. The summed E-state index contributed by atoms with van der Waals surface area (Å²) >= 11 is 15.2. The molecule has 0 unspecified atom stereocenters. The second kappa shape index (κ2) is 6.97. The molecule has 0 aliphatic rings. The van der Waals surface area contributed by atoms with Gasteiger partial charge in [-0.3, -0.25) is 0 Å². The summed E-state index contributed by atoms with van der Waals surface area (Å²) in [6.07, 6.45) is 1.31. The molecule has 0 saturated heterocycles. The fourth-order valence-electron chi connectivity index (χ4n) is 1.60. The third-order valence-corrected chi connectivity index (χ3v) is 3.78. The van der Waals surface area contributed by atoms with Gasteiger partial charge in [0.1, 0.15) is 12.4 Å². The lowest BCUT2D eigenvalue weighted by Crippen LogP contribution is -1.98. The van der Waals surface area contributed by atoms with Crippen LogP contribution in [0.15, 0.2) is 46.0 Å². The van der Waals surface area contributed by atoms with Crippen molar-refractivity contribution in [1.82, 2.24) is 0 Å². The summed E-state index contributed by atoms with van der Waals surface area (Å²) in [4.78, 5) is 0. The molecule has 0 heterocycles. The number of hydrogen-bond acceptors (Lipinski definition) is 3. The molecule has 0 atom stereocenters. The van der Waals surface area contributed by atoms with E-state index in [9.17, 15) is 0 Å². The highest BCUT2D eigenvalue weighted by molar-refractivity contribution is 9.10. The summed E-state index contributed by atoms with van der Waals surface area (Å²) in [6, 6.07) is 10.7. The number of rotatable bonds is 4. The Morgan fingerprint density at radius 3 is 2.65 bits per heavy atom. The first-order chi connectivity index (χ1) is 9.60. The Hall–Kier alpha value is -1.23. The van der Waals surface area contributed by atoms with Crippen molar-refractivity contribution in [3.63, 3.8) is 0 Å². The van der Waals surface area contributed by atoms with Crippen molar-refractivity contribution < 1.29 is 9.94 Å². The molecule has 2 rings (SSSR count). The predicted octanol–water partition coefficient (Wildman–Crippen LogP) is 5.14. The second-order valence-electron chi connectivity index (χ2n) is 3.96. The Bertz CT molecular complexity index is 647. The molecule has 0 bridgehead atoms. The molecule has 104 valence electrons. The smallest absolute Gasteiger partial charge is 0.128 e. The molecule has 1 N–H and O–H groups in total. The van der Waals surface area contributed by atoms with Crippen LogP contribution in [0.25, 0.3) is 0 Å². The normalized spacial score (nSPS) is 10.9. The first kappa shape index (κ1) is 15.2. The van der Waals surface area contributed by atoms with Crippen LogP contribution in [0, 0.1) is 0 Å². The Labute approximate surface area is 134 Å². The lowest BCUT2D eigenvalue weighted by molar-refractivity contribution is 0.304. The molecule has 2 aromatic carbocycles. The van der Waals surface area contributed by atoms with Crippen LogP contribution in [0.2, 0.25) is 10.0 Å². The minimum absolute atomic E-state index is 0.338. The molecule has 3 nitrogen and oxygen atoms in total. The average molecular weight is 375 g/mol. The molecule has 6 heteroatoms. The molecule has 0 fully saturated rings. The van der Waals surface area contributed by atoms with E-state index in [0.717, 1.165) is 10.0 Å². The number of hydrogen-bond donors (Lipinski definition) is 1. The van der Waals surface area contributed by atoms with Crippen molar-refractivity contribution in [2.24, 2.45) is 5.16 Å². The number of oxime groups is 1. The van der Waals surface area contributed by atoms with E-state index < -0.39 is 0 Å². The van der Waals surface area contributed by atoms with Crippen LogP contribution < -0.4 is 4.74 Å². The first-order valence-corrected chi connectivity index (χ1v) is 7.19. The highest BCUT2D eigenvalue weighted by Crippen LogP contribution is 2.25. The van der Waals surface area contributed by atoms with E-state index in [1.807, 2.05) is 12.1 Å². The van der Waals surface area contributed by atoms with Crippen molar-refractivity contribution in [3.8, 4) is 5.75 Å². The van der Waals surface area contributed by atoms with E-state index in [4.69, 9.17) is 33.1 Å². The highest BCUT2D eigenvalue weighted by Gasteiger charge is 2.05. The molecule has 0 aliphatic heterocycles. The van der Waals surface area contributed by atoms with E-state index in [1.165, 1.54) is 6.21 Å². The molecular formula is C14H10BrCl2NO2. The van der Waals surface area contributed by atoms with Gasteiger partial charge in [-0.25, -0.2) is 0 Å². The zero-order chi connectivity index (χ0) is 14.5. The fraction of sp³-hybridized carbons (Fsp3) is 0.0714. The summed E-state index contributed by atoms with van der Waals surface area (Å²) in [5.41, 5.74) is 1.57. The standard InChI is InChI=1S/C14H10BrCl2NO2/c15-11-2-4-14(10(6-11)7-18-19)20-8-9-1-3-12(16)13(17)5-9/h1-7,19H,8H2/b18-7-. The molecule has 0 aromatic heterocycles. The van der Waals surface area contributed by atoms with Gasteiger partial charge in [0.2, 0.25) is 0 Å². The number of halogens is 3. The van der Waals surface area contributed by atoms with Gasteiger partial charge >= 0.3 is 0 Å². The van der Waals surface area contributed by atoms with E-state index in [1.54, 1.807) is 24.3 Å². The van der Waals surface area contributed by atoms with Crippen LogP contribution in [-0.4, -0.2) is 11.4 Å². The van der Waals surface area contributed by atoms with Crippen molar-refractivity contribution in [2.45, 2.75) is 6.61 Å². The predicted molar refractivity (Wildman–Crippen MR) is 84.3 cm³/mol. The summed E-state index contributed by atoms with van der Waals surface area (Å²) in [5, 5.41) is 12.7. The maximum Gasteiger partial charge on any atom is 0.128 e. The van der Waals surface area contributed by atoms with Gasteiger partial charge in [0.15, 0.2) is 0 Å². The molecule has 0 radical (unpaired) electrons.